The van der Waals surface area contributed by atoms with Crippen molar-refractivity contribution < 1.29 is 13.2 Å². The summed E-state index contributed by atoms with van der Waals surface area (Å²) in [5.74, 6) is 0. The summed E-state index contributed by atoms with van der Waals surface area (Å²) in [6.45, 7) is 8.59. The predicted octanol–water partition coefficient (Wildman–Crippen LogP) is 3.30. The Balaban J connectivity index is 2.51. The summed E-state index contributed by atoms with van der Waals surface area (Å²) in [6.07, 6.45) is -3.43. The lowest BCUT2D eigenvalue weighted by molar-refractivity contribution is -0.134. The Morgan fingerprint density at radius 2 is 2.00 bits per heavy atom. The molecule has 104 valence electrons. The van der Waals surface area contributed by atoms with Gasteiger partial charge in [-0.3, -0.25) is 4.90 Å². The highest BCUT2D eigenvalue weighted by molar-refractivity contribution is 7.15. The van der Waals surface area contributed by atoms with Crippen molar-refractivity contribution in [2.24, 2.45) is 0 Å². The number of aromatic nitrogens is 1. The molecule has 18 heavy (non-hydrogen) atoms. The number of hydrogen-bond acceptors (Lipinski definition) is 4. The van der Waals surface area contributed by atoms with Crippen LogP contribution in [-0.4, -0.2) is 35.6 Å². The quantitative estimate of drug-likeness (QED) is 0.867. The summed E-state index contributed by atoms with van der Waals surface area (Å²) in [5, 5.41) is 3.27. The fourth-order valence-electron chi connectivity index (χ4n) is 1.70. The maximum absolute atomic E-state index is 12.4. The molecule has 0 aromatic carbocycles. The van der Waals surface area contributed by atoms with Gasteiger partial charge in [0.05, 0.1) is 6.20 Å². The van der Waals surface area contributed by atoms with Crippen molar-refractivity contribution >= 4 is 16.5 Å². The molecule has 1 aromatic rings. The standard InChI is InChI=1S/C11H18F3N3S/c1-4-17(5-2)8(3)6-15-10-16-7-9(18-10)11(12,13)14/h7-8H,4-6H2,1-3H3,(H,15,16). The molecule has 1 atom stereocenters. The zero-order chi connectivity index (χ0) is 13.8. The molecular formula is C11H18F3N3S. The highest BCUT2D eigenvalue weighted by Gasteiger charge is 2.33. The Kier molecular flexibility index (Phi) is 5.40. The second kappa shape index (κ2) is 6.38. The van der Waals surface area contributed by atoms with E-state index < -0.39 is 11.1 Å². The first-order chi connectivity index (χ1) is 8.38. The highest BCUT2D eigenvalue weighted by Crippen LogP contribution is 2.34. The molecule has 1 rings (SSSR count). The molecule has 1 aromatic heterocycles. The largest absolute Gasteiger partial charge is 0.427 e. The van der Waals surface area contributed by atoms with E-state index in [-0.39, 0.29) is 6.04 Å². The van der Waals surface area contributed by atoms with Crippen molar-refractivity contribution in [2.45, 2.75) is 33.0 Å². The van der Waals surface area contributed by atoms with E-state index in [4.69, 9.17) is 0 Å². The van der Waals surface area contributed by atoms with Crippen molar-refractivity contribution in [1.82, 2.24) is 9.88 Å². The van der Waals surface area contributed by atoms with Crippen molar-refractivity contribution in [3.8, 4) is 0 Å². The first kappa shape index (κ1) is 15.2. The minimum Gasteiger partial charge on any atom is -0.360 e. The van der Waals surface area contributed by atoms with Crippen LogP contribution in [0.25, 0.3) is 0 Å². The maximum atomic E-state index is 12.4. The summed E-state index contributed by atoms with van der Waals surface area (Å²) in [7, 11) is 0. The van der Waals surface area contributed by atoms with Crippen LogP contribution in [0.4, 0.5) is 18.3 Å². The molecule has 0 fully saturated rings. The molecule has 0 spiro atoms. The number of likely N-dealkylation sites (N-methyl/N-ethyl adjacent to an activating group) is 1. The van der Waals surface area contributed by atoms with E-state index >= 15 is 0 Å². The average Bonchev–Trinajstić information content (AvgIpc) is 2.76. The van der Waals surface area contributed by atoms with Gasteiger partial charge in [-0.2, -0.15) is 13.2 Å². The van der Waals surface area contributed by atoms with Crippen molar-refractivity contribution in [3.63, 3.8) is 0 Å². The fourth-order valence-corrected chi connectivity index (χ4v) is 2.39. The molecule has 1 unspecified atom stereocenters. The Labute approximate surface area is 109 Å². The summed E-state index contributed by atoms with van der Waals surface area (Å²) >= 11 is 0.643. The number of nitrogens with one attached hydrogen (secondary N) is 1. The first-order valence-corrected chi connectivity index (χ1v) is 6.71. The molecule has 0 aliphatic carbocycles. The van der Waals surface area contributed by atoms with Gasteiger partial charge in [-0.15, -0.1) is 0 Å². The lowest BCUT2D eigenvalue weighted by Gasteiger charge is -2.26. The van der Waals surface area contributed by atoms with Gasteiger partial charge in [0.15, 0.2) is 5.13 Å². The first-order valence-electron chi connectivity index (χ1n) is 5.89. The molecule has 0 amide bonds. The third kappa shape index (κ3) is 4.13. The van der Waals surface area contributed by atoms with Gasteiger partial charge < -0.3 is 5.32 Å². The second-order valence-corrected chi connectivity index (χ2v) is 5.01. The number of alkyl halides is 3. The van der Waals surface area contributed by atoms with Gasteiger partial charge in [-0.1, -0.05) is 25.2 Å². The Morgan fingerprint density at radius 1 is 1.39 bits per heavy atom. The molecule has 0 aliphatic heterocycles. The molecule has 0 saturated carbocycles. The van der Waals surface area contributed by atoms with Crippen LogP contribution in [0.2, 0.25) is 0 Å². The van der Waals surface area contributed by atoms with Gasteiger partial charge in [-0.05, 0) is 20.0 Å². The van der Waals surface area contributed by atoms with Crippen LogP contribution in [-0.2, 0) is 6.18 Å². The molecule has 0 saturated heterocycles. The predicted molar refractivity (Wildman–Crippen MR) is 68.0 cm³/mol. The minimum absolute atomic E-state index is 0.262. The summed E-state index contributed by atoms with van der Waals surface area (Å²) in [5.41, 5.74) is 0. The topological polar surface area (TPSA) is 28.2 Å². The number of halogens is 3. The number of hydrogen-bond donors (Lipinski definition) is 1. The second-order valence-electron chi connectivity index (χ2n) is 3.98. The number of rotatable bonds is 6. The van der Waals surface area contributed by atoms with Gasteiger partial charge in [-0.25, -0.2) is 4.98 Å². The van der Waals surface area contributed by atoms with E-state index in [1.165, 1.54) is 0 Å². The van der Waals surface area contributed by atoms with Crippen molar-refractivity contribution in [3.05, 3.63) is 11.1 Å². The van der Waals surface area contributed by atoms with Gasteiger partial charge >= 0.3 is 6.18 Å². The lowest BCUT2D eigenvalue weighted by atomic mass is 10.3. The smallest absolute Gasteiger partial charge is 0.360 e. The van der Waals surface area contributed by atoms with Crippen LogP contribution < -0.4 is 5.32 Å². The molecular weight excluding hydrogens is 263 g/mol. The van der Waals surface area contributed by atoms with Crippen LogP contribution >= 0.6 is 11.3 Å². The van der Waals surface area contributed by atoms with Crippen molar-refractivity contribution in [1.29, 1.82) is 0 Å². The van der Waals surface area contributed by atoms with E-state index in [9.17, 15) is 13.2 Å². The number of thiazole rings is 1. The zero-order valence-electron chi connectivity index (χ0n) is 10.7. The lowest BCUT2D eigenvalue weighted by Crippen LogP contribution is -2.37. The Hall–Kier alpha value is -0.820. The summed E-state index contributed by atoms with van der Waals surface area (Å²) in [4.78, 5) is 5.30. The SMILES string of the molecule is CCN(CC)C(C)CNc1ncc(C(F)(F)F)s1. The molecule has 0 radical (unpaired) electrons. The van der Waals surface area contributed by atoms with Gasteiger partial charge in [0.1, 0.15) is 4.88 Å². The maximum Gasteiger partial charge on any atom is 0.427 e. The third-order valence-corrected chi connectivity index (χ3v) is 3.77. The highest BCUT2D eigenvalue weighted by atomic mass is 32.1. The normalized spacial score (nSPS) is 13.9. The van der Waals surface area contributed by atoms with Crippen LogP contribution in [0.3, 0.4) is 0 Å². The van der Waals surface area contributed by atoms with Crippen LogP contribution in [0.1, 0.15) is 25.6 Å². The van der Waals surface area contributed by atoms with Crippen molar-refractivity contribution in [2.75, 3.05) is 25.0 Å². The van der Waals surface area contributed by atoms with Gasteiger partial charge in [0, 0.05) is 12.6 Å². The minimum atomic E-state index is -4.30. The van der Waals surface area contributed by atoms with Crippen LogP contribution in [0, 0.1) is 0 Å². The fraction of sp³-hybridized carbons (Fsp3) is 0.727. The monoisotopic (exact) mass is 281 g/mol. The van der Waals surface area contributed by atoms with Crippen LogP contribution in [0.5, 0.6) is 0 Å². The number of nitrogens with zero attached hydrogens (tertiary/aromatic N) is 2. The van der Waals surface area contributed by atoms with Gasteiger partial charge in [0.2, 0.25) is 0 Å². The Morgan fingerprint density at radius 3 is 2.44 bits per heavy atom. The Bertz CT molecular complexity index is 361. The third-order valence-electron chi connectivity index (χ3n) is 2.77. The molecule has 0 bridgehead atoms. The zero-order valence-corrected chi connectivity index (χ0v) is 11.5. The molecule has 3 nitrogen and oxygen atoms in total. The molecule has 7 heteroatoms. The van der Waals surface area contributed by atoms with E-state index in [1.54, 1.807) is 0 Å². The van der Waals surface area contributed by atoms with E-state index in [2.05, 4.69) is 29.0 Å². The molecule has 1 heterocycles. The van der Waals surface area contributed by atoms with E-state index in [0.717, 1.165) is 19.3 Å². The summed E-state index contributed by atoms with van der Waals surface area (Å²) in [6, 6.07) is 0.262. The van der Waals surface area contributed by atoms with E-state index in [1.807, 2.05) is 6.92 Å². The summed E-state index contributed by atoms with van der Waals surface area (Å²) < 4.78 is 37.1. The molecule has 0 aliphatic rings. The number of anilines is 1. The van der Waals surface area contributed by atoms with Crippen LogP contribution in [0.15, 0.2) is 6.20 Å². The molecule has 1 N–H and O–H groups in total. The van der Waals surface area contributed by atoms with Gasteiger partial charge in [0.25, 0.3) is 0 Å². The van der Waals surface area contributed by atoms with E-state index in [0.29, 0.717) is 23.0 Å². The average molecular weight is 281 g/mol.